The Labute approximate surface area is 189 Å². The summed E-state index contributed by atoms with van der Waals surface area (Å²) in [4.78, 5) is 32.5. The van der Waals surface area contributed by atoms with Crippen molar-refractivity contribution in [2.75, 3.05) is 12.4 Å². The van der Waals surface area contributed by atoms with Crippen LogP contribution in [0.5, 0.6) is 5.75 Å². The maximum atomic E-state index is 12.5. The number of hydrogen-bond donors (Lipinski definition) is 1. The zero-order valence-corrected chi connectivity index (χ0v) is 18.2. The van der Waals surface area contributed by atoms with Gasteiger partial charge < -0.3 is 19.4 Å². The third-order valence-electron chi connectivity index (χ3n) is 4.80. The summed E-state index contributed by atoms with van der Waals surface area (Å²) in [5.74, 6) is -0.542. The van der Waals surface area contributed by atoms with Gasteiger partial charge in [-0.2, -0.15) is 0 Å². The number of halogens is 3. The Morgan fingerprint density at radius 3 is 2.61 bits per heavy atom. The smallest absolute Gasteiger partial charge is 0.469 e. The van der Waals surface area contributed by atoms with Crippen LogP contribution in [-0.2, 0) is 16.6 Å². The van der Waals surface area contributed by atoms with Crippen molar-refractivity contribution < 1.29 is 32.2 Å². The van der Waals surface area contributed by atoms with Crippen molar-refractivity contribution in [3.05, 3.63) is 42.0 Å². The van der Waals surface area contributed by atoms with Gasteiger partial charge in [-0.3, -0.25) is 9.59 Å². The highest BCUT2D eigenvalue weighted by Crippen LogP contribution is 2.33. The van der Waals surface area contributed by atoms with Crippen LogP contribution < -0.4 is 10.1 Å². The third-order valence-corrected chi connectivity index (χ3v) is 5.73. The number of benzene rings is 2. The summed E-state index contributed by atoms with van der Waals surface area (Å²) in [6.45, 7) is 0. The lowest BCUT2D eigenvalue weighted by molar-refractivity contribution is -0.274. The minimum Gasteiger partial charge on any atom is -0.469 e. The number of esters is 1. The molecule has 0 fully saturated rings. The molecule has 2 heterocycles. The number of carbonyl (C=O) groups excluding carboxylic acids is 2. The van der Waals surface area contributed by atoms with Gasteiger partial charge >= 0.3 is 12.3 Å². The fourth-order valence-corrected chi connectivity index (χ4v) is 4.09. The zero-order chi connectivity index (χ0) is 23.8. The topological polar surface area (TPSA) is 95.3 Å². The number of nitrogens with one attached hydrogen (secondary N) is 1. The van der Waals surface area contributed by atoms with Gasteiger partial charge in [0, 0.05) is 25.1 Å². The summed E-state index contributed by atoms with van der Waals surface area (Å²) >= 11 is 1.15. The molecule has 1 N–H and O–H groups in total. The molecule has 8 nitrogen and oxygen atoms in total. The lowest BCUT2D eigenvalue weighted by Crippen LogP contribution is -2.16. The number of Topliss-reactive ketones (excluding diaryl/α,β-unsaturated/α-hetero) is 1. The fourth-order valence-electron chi connectivity index (χ4n) is 3.20. The molecule has 0 bridgehead atoms. The molecule has 0 aliphatic heterocycles. The molecule has 0 saturated carbocycles. The van der Waals surface area contributed by atoms with Crippen molar-refractivity contribution in [1.29, 1.82) is 0 Å². The van der Waals surface area contributed by atoms with Crippen LogP contribution >= 0.6 is 11.3 Å². The molecule has 0 saturated heterocycles. The number of ether oxygens (including phenoxy) is 2. The number of thiazole rings is 1. The Kier molecular flexibility index (Phi) is 5.93. The molecule has 2 aromatic carbocycles. The van der Waals surface area contributed by atoms with E-state index in [2.05, 4.69) is 24.8 Å². The van der Waals surface area contributed by atoms with Gasteiger partial charge in [0.1, 0.15) is 5.75 Å². The molecule has 0 aliphatic rings. The van der Waals surface area contributed by atoms with Crippen LogP contribution in [0.3, 0.4) is 0 Å². The summed E-state index contributed by atoms with van der Waals surface area (Å²) in [7, 11) is 3.04. The highest BCUT2D eigenvalue weighted by atomic mass is 32.1. The van der Waals surface area contributed by atoms with Crippen molar-refractivity contribution in [3.8, 4) is 5.75 Å². The molecule has 12 heteroatoms. The van der Waals surface area contributed by atoms with Crippen molar-refractivity contribution in [2.45, 2.75) is 19.2 Å². The number of imidazole rings is 1. The van der Waals surface area contributed by atoms with Gasteiger partial charge in [-0.05, 0) is 30.3 Å². The van der Waals surface area contributed by atoms with E-state index >= 15 is 0 Å². The average molecular weight is 478 g/mol. The predicted octanol–water partition coefficient (Wildman–Crippen LogP) is 4.96. The van der Waals surface area contributed by atoms with Crippen LogP contribution in [0.2, 0.25) is 0 Å². The number of carbonyl (C=O) groups is 2. The molecule has 4 rings (SSSR count). The second kappa shape index (κ2) is 8.70. The largest absolute Gasteiger partial charge is 0.573 e. The molecule has 0 spiro atoms. The van der Waals surface area contributed by atoms with E-state index < -0.39 is 12.3 Å². The minimum atomic E-state index is -4.77. The van der Waals surface area contributed by atoms with E-state index in [1.807, 2.05) is 0 Å². The number of ketones is 1. The highest BCUT2D eigenvalue weighted by Gasteiger charge is 2.31. The maximum absolute atomic E-state index is 12.5. The molecule has 0 unspecified atom stereocenters. The number of hydrogen-bond acceptors (Lipinski definition) is 8. The lowest BCUT2D eigenvalue weighted by Gasteiger charge is -2.07. The lowest BCUT2D eigenvalue weighted by atomic mass is 10.1. The molecule has 0 aliphatic carbocycles. The number of rotatable bonds is 7. The predicted molar refractivity (Wildman–Crippen MR) is 116 cm³/mol. The molecule has 33 heavy (non-hydrogen) atoms. The van der Waals surface area contributed by atoms with Gasteiger partial charge in [-0.15, -0.1) is 13.2 Å². The van der Waals surface area contributed by atoms with E-state index in [4.69, 9.17) is 0 Å². The first-order valence-corrected chi connectivity index (χ1v) is 10.4. The second-order valence-electron chi connectivity index (χ2n) is 7.02. The molecule has 4 aromatic rings. The highest BCUT2D eigenvalue weighted by molar-refractivity contribution is 7.22. The third kappa shape index (κ3) is 5.06. The first kappa shape index (κ1) is 22.5. The van der Waals surface area contributed by atoms with E-state index in [1.165, 1.54) is 25.3 Å². The Bertz CT molecular complexity index is 1360. The van der Waals surface area contributed by atoms with Gasteiger partial charge in [0.2, 0.25) is 5.95 Å². The normalized spacial score (nSPS) is 11.7. The number of aromatic nitrogens is 3. The van der Waals surface area contributed by atoms with Crippen LogP contribution in [0, 0.1) is 0 Å². The number of nitrogens with zero attached hydrogens (tertiary/aromatic N) is 3. The molecular weight excluding hydrogens is 461 g/mol. The number of anilines is 2. The molecule has 0 radical (unpaired) electrons. The molecule has 172 valence electrons. The quantitative estimate of drug-likeness (QED) is 0.296. The van der Waals surface area contributed by atoms with Crippen LogP contribution in [0.4, 0.5) is 24.3 Å². The van der Waals surface area contributed by atoms with Crippen molar-refractivity contribution >= 4 is 55.4 Å². The van der Waals surface area contributed by atoms with E-state index in [-0.39, 0.29) is 24.4 Å². The number of methoxy groups -OCH3 is 1. The molecule has 0 amide bonds. The van der Waals surface area contributed by atoms with Gasteiger partial charge in [-0.1, -0.05) is 11.3 Å². The van der Waals surface area contributed by atoms with E-state index in [9.17, 15) is 22.8 Å². The Morgan fingerprint density at radius 2 is 1.88 bits per heavy atom. The van der Waals surface area contributed by atoms with Crippen LogP contribution in [0.25, 0.3) is 21.3 Å². The average Bonchev–Trinajstić information content (AvgIpc) is 3.30. The van der Waals surface area contributed by atoms with E-state index in [0.717, 1.165) is 16.9 Å². The van der Waals surface area contributed by atoms with Gasteiger partial charge in [-0.25, -0.2) is 9.97 Å². The fraction of sp³-hybridized carbons (Fsp3) is 0.238. The summed E-state index contributed by atoms with van der Waals surface area (Å²) < 4.78 is 48.1. The van der Waals surface area contributed by atoms with Crippen LogP contribution in [-0.4, -0.2) is 39.8 Å². The Hall–Kier alpha value is -3.67. The maximum Gasteiger partial charge on any atom is 0.573 e. The second-order valence-corrected chi connectivity index (χ2v) is 8.05. The van der Waals surface area contributed by atoms with E-state index in [1.54, 1.807) is 29.8 Å². The Balaban J connectivity index is 1.56. The van der Waals surface area contributed by atoms with Gasteiger partial charge in [0.05, 0.1) is 34.8 Å². The number of alkyl halides is 3. The summed E-state index contributed by atoms with van der Waals surface area (Å²) in [5.41, 5.74) is 2.25. The summed E-state index contributed by atoms with van der Waals surface area (Å²) in [6, 6.07) is 8.96. The summed E-state index contributed by atoms with van der Waals surface area (Å²) in [5, 5.41) is 3.50. The molecular formula is C21H17F3N4O4S. The van der Waals surface area contributed by atoms with Crippen molar-refractivity contribution in [1.82, 2.24) is 14.5 Å². The minimum absolute atomic E-state index is 0.00424. The van der Waals surface area contributed by atoms with Gasteiger partial charge in [0.15, 0.2) is 10.9 Å². The van der Waals surface area contributed by atoms with Gasteiger partial charge in [0.25, 0.3) is 0 Å². The first-order valence-electron chi connectivity index (χ1n) is 9.63. The standard InChI is InChI=1S/C21H17F3N4O4S/c1-28-15-6-3-11(16(29)7-8-18(30)31-2)9-14(15)25-19(28)27-20-26-13-5-4-12(10-17(13)33-20)32-21(22,23)24/h3-6,9-10H,7-8H2,1-2H3,(H,25,26,27). The number of aryl methyl sites for hydroxylation is 1. The van der Waals surface area contributed by atoms with Crippen molar-refractivity contribution in [2.24, 2.45) is 7.05 Å². The first-order chi connectivity index (χ1) is 15.6. The molecule has 0 atom stereocenters. The summed E-state index contributed by atoms with van der Waals surface area (Å²) in [6.07, 6.45) is -4.75. The van der Waals surface area contributed by atoms with Crippen molar-refractivity contribution in [3.63, 3.8) is 0 Å². The Morgan fingerprint density at radius 1 is 1.09 bits per heavy atom. The van der Waals surface area contributed by atoms with Crippen LogP contribution in [0.1, 0.15) is 23.2 Å². The van der Waals surface area contributed by atoms with E-state index in [0.29, 0.717) is 32.4 Å². The molecule has 2 aromatic heterocycles. The zero-order valence-electron chi connectivity index (χ0n) is 17.4. The number of fused-ring (bicyclic) bond motifs is 2. The monoisotopic (exact) mass is 478 g/mol. The van der Waals surface area contributed by atoms with Crippen LogP contribution in [0.15, 0.2) is 36.4 Å². The SMILES string of the molecule is COC(=O)CCC(=O)c1ccc2c(c1)nc(Nc1nc3ccc(OC(F)(F)F)cc3s1)n2C.